The van der Waals surface area contributed by atoms with Crippen LogP contribution < -0.4 is 0 Å². The van der Waals surface area contributed by atoms with Crippen LogP contribution in [0.2, 0.25) is 0 Å². The maximum Gasteiger partial charge on any atom is 0.338 e. The summed E-state index contributed by atoms with van der Waals surface area (Å²) < 4.78 is 12.5. The molecule has 0 amide bonds. The van der Waals surface area contributed by atoms with Gasteiger partial charge in [-0.2, -0.15) is 5.10 Å². The molecule has 6 nitrogen and oxygen atoms in total. The van der Waals surface area contributed by atoms with Crippen LogP contribution in [0.1, 0.15) is 34.2 Å². The lowest BCUT2D eigenvalue weighted by Gasteiger charge is -2.23. The zero-order valence-electron chi connectivity index (χ0n) is 15.6. The molecule has 26 heavy (non-hydrogen) atoms. The Labute approximate surface area is 154 Å². The van der Waals surface area contributed by atoms with Gasteiger partial charge in [-0.25, -0.2) is 4.79 Å². The Balaban J connectivity index is 1.81. The average molecular weight is 355 g/mol. The van der Waals surface area contributed by atoms with E-state index in [1.54, 1.807) is 19.1 Å². The summed E-state index contributed by atoms with van der Waals surface area (Å²) in [7, 11) is 0. The van der Waals surface area contributed by atoms with Crippen molar-refractivity contribution in [1.29, 1.82) is 0 Å². The number of carbonyl (C=O) groups is 1. The number of benzene rings is 1. The van der Waals surface area contributed by atoms with Gasteiger partial charge in [0.1, 0.15) is 0 Å². The van der Waals surface area contributed by atoms with Gasteiger partial charge in [0, 0.05) is 22.6 Å². The fourth-order valence-corrected chi connectivity index (χ4v) is 3.09. The highest BCUT2D eigenvalue weighted by Gasteiger charge is 2.12. The number of aromatic nitrogens is 1. The molecule has 2 heterocycles. The summed E-state index contributed by atoms with van der Waals surface area (Å²) in [4.78, 5) is 11.8. The molecule has 0 spiro atoms. The summed E-state index contributed by atoms with van der Waals surface area (Å²) in [6.45, 7) is 9.42. The molecular weight excluding hydrogens is 330 g/mol. The molecule has 0 N–H and O–H groups in total. The van der Waals surface area contributed by atoms with Crippen molar-refractivity contribution in [3.8, 4) is 5.69 Å². The zero-order valence-corrected chi connectivity index (χ0v) is 15.6. The molecule has 0 bridgehead atoms. The van der Waals surface area contributed by atoms with Crippen molar-refractivity contribution in [1.82, 2.24) is 9.58 Å². The standard InChI is InChI=1S/C20H25N3O3/c1-4-26-20(24)17-5-7-19(8-6-17)23-15(2)13-18(16(23)3)14-21-22-9-11-25-12-10-22/h5-8,13-14H,4,9-12H2,1-3H3/b21-14+. The van der Waals surface area contributed by atoms with E-state index in [0.29, 0.717) is 12.2 Å². The van der Waals surface area contributed by atoms with Crippen molar-refractivity contribution in [2.24, 2.45) is 5.10 Å². The summed E-state index contributed by atoms with van der Waals surface area (Å²) in [6.07, 6.45) is 1.91. The van der Waals surface area contributed by atoms with Crippen LogP contribution in [0, 0.1) is 13.8 Å². The van der Waals surface area contributed by atoms with Gasteiger partial charge < -0.3 is 14.0 Å². The normalized spacial score (nSPS) is 14.8. The second-order valence-corrected chi connectivity index (χ2v) is 6.24. The van der Waals surface area contributed by atoms with E-state index >= 15 is 0 Å². The van der Waals surface area contributed by atoms with Crippen molar-refractivity contribution in [3.05, 3.63) is 52.8 Å². The van der Waals surface area contributed by atoms with Crippen LogP contribution in [0.3, 0.4) is 0 Å². The number of rotatable bonds is 5. The van der Waals surface area contributed by atoms with Crippen LogP contribution in [-0.2, 0) is 9.47 Å². The highest BCUT2D eigenvalue weighted by Crippen LogP contribution is 2.20. The first kappa shape index (κ1) is 18.2. The van der Waals surface area contributed by atoms with Gasteiger partial charge in [0.15, 0.2) is 0 Å². The second-order valence-electron chi connectivity index (χ2n) is 6.24. The van der Waals surface area contributed by atoms with Gasteiger partial charge in [-0.15, -0.1) is 0 Å². The van der Waals surface area contributed by atoms with Gasteiger partial charge in [0.05, 0.1) is 44.7 Å². The lowest BCUT2D eigenvalue weighted by Crippen LogP contribution is -2.32. The lowest BCUT2D eigenvalue weighted by atomic mass is 10.2. The zero-order chi connectivity index (χ0) is 18.5. The molecule has 1 aliphatic rings. The largest absolute Gasteiger partial charge is 0.462 e. The summed E-state index contributed by atoms with van der Waals surface area (Å²) in [5.74, 6) is -0.293. The predicted octanol–water partition coefficient (Wildman–Crippen LogP) is 2.94. The minimum Gasteiger partial charge on any atom is -0.462 e. The third-order valence-corrected chi connectivity index (χ3v) is 4.45. The Morgan fingerprint density at radius 3 is 2.58 bits per heavy atom. The van der Waals surface area contributed by atoms with Gasteiger partial charge in [-0.05, 0) is 51.1 Å². The van der Waals surface area contributed by atoms with Crippen LogP contribution in [0.5, 0.6) is 0 Å². The molecule has 0 radical (unpaired) electrons. The number of carbonyl (C=O) groups excluding carboxylic acids is 1. The van der Waals surface area contributed by atoms with Crippen molar-refractivity contribution in [3.63, 3.8) is 0 Å². The first-order valence-electron chi connectivity index (χ1n) is 8.93. The van der Waals surface area contributed by atoms with Crippen LogP contribution >= 0.6 is 0 Å². The van der Waals surface area contributed by atoms with Gasteiger partial charge in [0.2, 0.25) is 0 Å². The van der Waals surface area contributed by atoms with Crippen molar-refractivity contribution in [2.75, 3.05) is 32.9 Å². The highest BCUT2D eigenvalue weighted by molar-refractivity contribution is 5.89. The molecule has 1 aliphatic heterocycles. The first-order chi connectivity index (χ1) is 12.6. The molecule has 1 saturated heterocycles. The van der Waals surface area contributed by atoms with Crippen LogP contribution in [0.15, 0.2) is 35.4 Å². The molecule has 0 aliphatic carbocycles. The van der Waals surface area contributed by atoms with E-state index in [9.17, 15) is 4.79 Å². The average Bonchev–Trinajstić information content (AvgIpc) is 2.95. The fraction of sp³-hybridized carbons (Fsp3) is 0.400. The minimum atomic E-state index is -0.293. The van der Waals surface area contributed by atoms with E-state index in [1.165, 1.54) is 0 Å². The van der Waals surface area contributed by atoms with Crippen molar-refractivity contribution < 1.29 is 14.3 Å². The molecule has 0 unspecified atom stereocenters. The van der Waals surface area contributed by atoms with Gasteiger partial charge >= 0.3 is 5.97 Å². The maximum absolute atomic E-state index is 11.8. The van der Waals surface area contributed by atoms with E-state index in [1.807, 2.05) is 23.4 Å². The summed E-state index contributed by atoms with van der Waals surface area (Å²) >= 11 is 0. The number of aryl methyl sites for hydroxylation is 1. The van der Waals surface area contributed by atoms with Crippen LogP contribution in [0.4, 0.5) is 0 Å². The van der Waals surface area contributed by atoms with Gasteiger partial charge in [0.25, 0.3) is 0 Å². The number of morpholine rings is 1. The van der Waals surface area contributed by atoms with E-state index in [-0.39, 0.29) is 5.97 Å². The Bertz CT molecular complexity index is 787. The topological polar surface area (TPSA) is 56.1 Å². The summed E-state index contributed by atoms with van der Waals surface area (Å²) in [5.41, 5.74) is 4.90. The molecule has 6 heteroatoms. The van der Waals surface area contributed by atoms with E-state index in [2.05, 4.69) is 29.6 Å². The fourth-order valence-electron chi connectivity index (χ4n) is 3.09. The van der Waals surface area contributed by atoms with E-state index in [4.69, 9.17) is 9.47 Å². The first-order valence-corrected chi connectivity index (χ1v) is 8.93. The van der Waals surface area contributed by atoms with Crippen molar-refractivity contribution >= 4 is 12.2 Å². The molecule has 1 aromatic heterocycles. The summed E-state index contributed by atoms with van der Waals surface area (Å²) in [5, 5.41) is 6.61. The SMILES string of the molecule is CCOC(=O)c1ccc(-n2c(C)cc(/C=N/N3CCOCC3)c2C)cc1. The molecule has 1 aromatic carbocycles. The molecular formula is C20H25N3O3. The number of esters is 1. The summed E-state index contributed by atoms with van der Waals surface area (Å²) in [6, 6.07) is 9.60. The Kier molecular flexibility index (Phi) is 5.73. The molecule has 138 valence electrons. The molecule has 0 saturated carbocycles. The quantitative estimate of drug-likeness (QED) is 0.611. The predicted molar refractivity (Wildman–Crippen MR) is 101 cm³/mol. The third-order valence-electron chi connectivity index (χ3n) is 4.45. The number of hydrogen-bond acceptors (Lipinski definition) is 5. The Hall–Kier alpha value is -2.60. The van der Waals surface area contributed by atoms with Crippen molar-refractivity contribution in [2.45, 2.75) is 20.8 Å². The van der Waals surface area contributed by atoms with Gasteiger partial charge in [-0.1, -0.05) is 0 Å². The maximum atomic E-state index is 11.8. The number of ether oxygens (including phenoxy) is 2. The van der Waals surface area contributed by atoms with E-state index < -0.39 is 0 Å². The number of hydrogen-bond donors (Lipinski definition) is 0. The highest BCUT2D eigenvalue weighted by atomic mass is 16.5. The molecule has 2 aromatic rings. The Morgan fingerprint density at radius 1 is 1.23 bits per heavy atom. The molecule has 1 fully saturated rings. The lowest BCUT2D eigenvalue weighted by molar-refractivity contribution is 0.0397. The van der Waals surface area contributed by atoms with Crippen LogP contribution in [0.25, 0.3) is 5.69 Å². The van der Waals surface area contributed by atoms with E-state index in [0.717, 1.165) is 48.9 Å². The number of nitrogens with zero attached hydrogens (tertiary/aromatic N) is 3. The number of hydrazone groups is 1. The minimum absolute atomic E-state index is 0.293. The third kappa shape index (κ3) is 3.96. The monoisotopic (exact) mass is 355 g/mol. The smallest absolute Gasteiger partial charge is 0.338 e. The van der Waals surface area contributed by atoms with Crippen LogP contribution in [-0.4, -0.2) is 54.7 Å². The second kappa shape index (κ2) is 8.19. The Morgan fingerprint density at radius 2 is 1.92 bits per heavy atom. The molecule has 3 rings (SSSR count). The molecule has 0 atom stereocenters. The van der Waals surface area contributed by atoms with Gasteiger partial charge in [-0.3, -0.25) is 5.01 Å².